The van der Waals surface area contributed by atoms with Gasteiger partial charge >= 0.3 is 0 Å². The molecule has 1 heterocycles. The van der Waals surface area contributed by atoms with Gasteiger partial charge in [-0.05, 0) is 37.2 Å². The first-order chi connectivity index (χ1) is 10.8. The molecule has 1 amide bonds. The van der Waals surface area contributed by atoms with Gasteiger partial charge in [0.1, 0.15) is 0 Å². The third-order valence-corrected chi connectivity index (χ3v) is 5.15. The van der Waals surface area contributed by atoms with E-state index in [1.807, 2.05) is 6.07 Å². The maximum Gasteiger partial charge on any atom is 0.237 e. The highest BCUT2D eigenvalue weighted by Crippen LogP contribution is 2.34. The first kappa shape index (κ1) is 18.2. The van der Waals surface area contributed by atoms with Crippen LogP contribution in [0.4, 0.5) is 0 Å². The lowest BCUT2D eigenvalue weighted by Crippen LogP contribution is -2.50. The van der Waals surface area contributed by atoms with E-state index in [1.54, 1.807) is 0 Å². The molecular weight excluding hydrogens is 312 g/mol. The number of carbonyl (C=O) groups excluding carboxylic acids is 1. The molecule has 1 aliphatic carbocycles. The minimum atomic E-state index is -0.402. The molecule has 1 saturated heterocycles. The zero-order chi connectivity index (χ0) is 15.4. The summed E-state index contributed by atoms with van der Waals surface area (Å²) in [6.07, 6.45) is 5.13. The van der Waals surface area contributed by atoms with Crippen molar-refractivity contribution in [3.05, 3.63) is 35.9 Å². The Hall–Kier alpha value is -1.10. The van der Waals surface area contributed by atoms with Crippen LogP contribution in [0.25, 0.3) is 0 Å². The summed E-state index contributed by atoms with van der Waals surface area (Å²) in [5.74, 6) is 0.692. The third-order valence-electron chi connectivity index (χ3n) is 5.15. The van der Waals surface area contributed by atoms with Gasteiger partial charge in [0.15, 0.2) is 0 Å². The van der Waals surface area contributed by atoms with Gasteiger partial charge in [-0.2, -0.15) is 0 Å². The topological polar surface area (TPSA) is 64.4 Å². The van der Waals surface area contributed by atoms with Crippen molar-refractivity contribution in [2.45, 2.75) is 50.1 Å². The Morgan fingerprint density at radius 2 is 1.83 bits per heavy atom. The van der Waals surface area contributed by atoms with Crippen molar-refractivity contribution in [3.8, 4) is 0 Å². The molecule has 3 N–H and O–H groups in total. The molecule has 3 atom stereocenters. The van der Waals surface area contributed by atoms with E-state index in [-0.39, 0.29) is 30.3 Å². The fourth-order valence-electron chi connectivity index (χ4n) is 3.80. The van der Waals surface area contributed by atoms with Crippen molar-refractivity contribution < 1.29 is 9.53 Å². The number of carbonyl (C=O) groups is 1. The van der Waals surface area contributed by atoms with Crippen LogP contribution in [0.15, 0.2) is 30.3 Å². The van der Waals surface area contributed by atoms with Crippen molar-refractivity contribution in [1.82, 2.24) is 5.32 Å². The Bertz CT molecular complexity index is 491. The van der Waals surface area contributed by atoms with Gasteiger partial charge < -0.3 is 15.8 Å². The van der Waals surface area contributed by atoms with Crippen LogP contribution in [0.3, 0.4) is 0 Å². The number of amides is 1. The molecule has 1 saturated carbocycles. The second kappa shape index (κ2) is 8.67. The van der Waals surface area contributed by atoms with Gasteiger partial charge in [0, 0.05) is 25.2 Å². The second-order valence-corrected chi connectivity index (χ2v) is 6.54. The number of hydrogen-bond acceptors (Lipinski definition) is 3. The van der Waals surface area contributed by atoms with Crippen LogP contribution in [0, 0.1) is 5.92 Å². The maximum absolute atomic E-state index is 12.5. The van der Waals surface area contributed by atoms with E-state index in [0.29, 0.717) is 5.92 Å². The summed E-state index contributed by atoms with van der Waals surface area (Å²) >= 11 is 0. The Kier molecular flexibility index (Phi) is 6.88. The molecule has 0 aromatic heterocycles. The summed E-state index contributed by atoms with van der Waals surface area (Å²) in [5.41, 5.74) is 7.51. The molecule has 3 unspecified atom stereocenters. The Labute approximate surface area is 144 Å². The number of hydrogen-bond donors (Lipinski definition) is 2. The number of ether oxygens (including phenoxy) is 1. The summed E-state index contributed by atoms with van der Waals surface area (Å²) in [4.78, 5) is 12.5. The summed E-state index contributed by atoms with van der Waals surface area (Å²) in [6, 6.07) is 10.3. The number of halogens is 1. The van der Waals surface area contributed by atoms with Gasteiger partial charge in [-0.15, -0.1) is 12.4 Å². The van der Waals surface area contributed by atoms with Gasteiger partial charge in [0.2, 0.25) is 5.91 Å². The highest BCUT2D eigenvalue weighted by Gasteiger charge is 2.33. The zero-order valence-corrected chi connectivity index (χ0v) is 14.3. The highest BCUT2D eigenvalue weighted by molar-refractivity contribution is 5.85. The van der Waals surface area contributed by atoms with Crippen molar-refractivity contribution in [2.75, 3.05) is 13.2 Å². The SMILES string of the molecule is Cl.NC(C(=O)NC1CCCC1c1ccccc1)C1CCOCC1. The summed E-state index contributed by atoms with van der Waals surface area (Å²) in [5, 5.41) is 3.22. The number of nitrogens with two attached hydrogens (primary N) is 1. The van der Waals surface area contributed by atoms with E-state index < -0.39 is 6.04 Å². The second-order valence-electron chi connectivity index (χ2n) is 6.54. The lowest BCUT2D eigenvalue weighted by Gasteiger charge is -2.29. The van der Waals surface area contributed by atoms with Crippen molar-refractivity contribution in [2.24, 2.45) is 11.7 Å². The van der Waals surface area contributed by atoms with E-state index in [2.05, 4.69) is 29.6 Å². The summed E-state index contributed by atoms with van der Waals surface area (Å²) in [6.45, 7) is 1.45. The smallest absolute Gasteiger partial charge is 0.237 e. The van der Waals surface area contributed by atoms with E-state index in [0.717, 1.165) is 45.3 Å². The van der Waals surface area contributed by atoms with Crippen LogP contribution < -0.4 is 11.1 Å². The molecule has 0 bridgehead atoms. The molecule has 23 heavy (non-hydrogen) atoms. The van der Waals surface area contributed by atoms with E-state index >= 15 is 0 Å². The third kappa shape index (κ3) is 4.46. The molecular formula is C18H27ClN2O2. The monoisotopic (exact) mass is 338 g/mol. The van der Waals surface area contributed by atoms with Crippen molar-refractivity contribution in [1.29, 1.82) is 0 Å². The predicted molar refractivity (Wildman–Crippen MR) is 93.7 cm³/mol. The van der Waals surface area contributed by atoms with Gasteiger partial charge in [0.05, 0.1) is 6.04 Å². The van der Waals surface area contributed by atoms with Crippen LogP contribution >= 0.6 is 12.4 Å². The van der Waals surface area contributed by atoms with Gasteiger partial charge in [-0.3, -0.25) is 4.79 Å². The van der Waals surface area contributed by atoms with Crippen molar-refractivity contribution in [3.63, 3.8) is 0 Å². The molecule has 5 heteroatoms. The lowest BCUT2D eigenvalue weighted by molar-refractivity contribution is -0.125. The highest BCUT2D eigenvalue weighted by atomic mass is 35.5. The van der Waals surface area contributed by atoms with Gasteiger partial charge in [-0.25, -0.2) is 0 Å². The first-order valence-corrected chi connectivity index (χ1v) is 8.44. The maximum atomic E-state index is 12.5. The first-order valence-electron chi connectivity index (χ1n) is 8.44. The minimum absolute atomic E-state index is 0. The van der Waals surface area contributed by atoms with Crippen LogP contribution in [-0.4, -0.2) is 31.2 Å². The quantitative estimate of drug-likeness (QED) is 0.887. The van der Waals surface area contributed by atoms with Crippen LogP contribution in [0.2, 0.25) is 0 Å². The standard InChI is InChI=1S/C18H26N2O2.ClH/c19-17(14-9-11-22-12-10-14)18(21)20-16-8-4-7-15(16)13-5-2-1-3-6-13;/h1-3,5-6,14-17H,4,7-12,19H2,(H,20,21);1H. The normalized spacial score (nSPS) is 26.3. The molecule has 1 aromatic carbocycles. The zero-order valence-electron chi connectivity index (χ0n) is 13.4. The number of nitrogens with one attached hydrogen (secondary N) is 1. The average molecular weight is 339 g/mol. The molecule has 1 aliphatic heterocycles. The van der Waals surface area contributed by atoms with E-state index in [4.69, 9.17) is 10.5 Å². The molecule has 128 valence electrons. The van der Waals surface area contributed by atoms with Crippen LogP contribution in [-0.2, 0) is 9.53 Å². The van der Waals surface area contributed by atoms with Crippen LogP contribution in [0.1, 0.15) is 43.6 Å². The van der Waals surface area contributed by atoms with E-state index in [9.17, 15) is 4.79 Å². The average Bonchev–Trinajstić information content (AvgIpc) is 3.04. The molecule has 2 aliphatic rings. The number of benzene rings is 1. The Morgan fingerprint density at radius 3 is 2.52 bits per heavy atom. The van der Waals surface area contributed by atoms with Crippen LogP contribution in [0.5, 0.6) is 0 Å². The molecule has 0 spiro atoms. The van der Waals surface area contributed by atoms with Crippen molar-refractivity contribution >= 4 is 18.3 Å². The fraction of sp³-hybridized carbons (Fsp3) is 0.611. The minimum Gasteiger partial charge on any atom is -0.381 e. The Morgan fingerprint density at radius 1 is 1.13 bits per heavy atom. The molecule has 2 fully saturated rings. The van der Waals surface area contributed by atoms with E-state index in [1.165, 1.54) is 5.56 Å². The largest absolute Gasteiger partial charge is 0.381 e. The molecule has 3 rings (SSSR count). The number of rotatable bonds is 4. The lowest BCUT2D eigenvalue weighted by atomic mass is 9.90. The fourth-order valence-corrected chi connectivity index (χ4v) is 3.80. The summed E-state index contributed by atoms with van der Waals surface area (Å²) < 4.78 is 5.35. The molecule has 4 nitrogen and oxygen atoms in total. The predicted octanol–water partition coefficient (Wildman–Crippen LogP) is 2.61. The molecule has 1 aromatic rings. The summed E-state index contributed by atoms with van der Waals surface area (Å²) in [7, 11) is 0. The van der Waals surface area contributed by atoms with Gasteiger partial charge in [0.25, 0.3) is 0 Å². The Balaban J connectivity index is 0.00000192. The van der Waals surface area contributed by atoms with Gasteiger partial charge in [-0.1, -0.05) is 36.8 Å². The molecule has 0 radical (unpaired) electrons.